The lowest BCUT2D eigenvalue weighted by Crippen LogP contribution is -2.40. The Balaban J connectivity index is 1.77. The van der Waals surface area contributed by atoms with Crippen LogP contribution in [0, 0.1) is 0 Å². The number of imide groups is 1. The standard InChI is InChI=1S/C16H19N3O3/c1-11(20)17-12-4-6-13(7-5-12)19-15(21)10-14(16(19)22)18-8-2-3-9-18/h4-7,14H,2-3,8-10H2,1H3,(H,17,20). The van der Waals surface area contributed by atoms with Gasteiger partial charge in [-0.2, -0.15) is 0 Å². The maximum absolute atomic E-state index is 12.6. The van der Waals surface area contributed by atoms with Gasteiger partial charge in [0.25, 0.3) is 5.91 Å². The Kier molecular flexibility index (Phi) is 3.94. The predicted octanol–water partition coefficient (Wildman–Crippen LogP) is 1.37. The van der Waals surface area contributed by atoms with Gasteiger partial charge in [0.2, 0.25) is 11.8 Å². The minimum absolute atomic E-state index is 0.140. The summed E-state index contributed by atoms with van der Waals surface area (Å²) in [5, 5.41) is 2.66. The van der Waals surface area contributed by atoms with Crippen LogP contribution in [0.4, 0.5) is 11.4 Å². The fraction of sp³-hybridized carbons (Fsp3) is 0.438. The summed E-state index contributed by atoms with van der Waals surface area (Å²) in [6.07, 6.45) is 2.43. The van der Waals surface area contributed by atoms with E-state index in [-0.39, 0.29) is 30.2 Å². The molecule has 2 heterocycles. The van der Waals surface area contributed by atoms with Gasteiger partial charge in [-0.1, -0.05) is 0 Å². The molecule has 6 heteroatoms. The van der Waals surface area contributed by atoms with Crippen molar-refractivity contribution in [3.8, 4) is 0 Å². The highest BCUT2D eigenvalue weighted by Crippen LogP contribution is 2.28. The molecule has 1 N–H and O–H groups in total. The summed E-state index contributed by atoms with van der Waals surface area (Å²) in [7, 11) is 0. The van der Waals surface area contributed by atoms with Crippen molar-refractivity contribution in [3.63, 3.8) is 0 Å². The van der Waals surface area contributed by atoms with Crippen LogP contribution >= 0.6 is 0 Å². The third-order valence-electron chi connectivity index (χ3n) is 4.15. The summed E-state index contributed by atoms with van der Waals surface area (Å²) in [4.78, 5) is 39.2. The zero-order valence-electron chi connectivity index (χ0n) is 12.5. The first-order valence-electron chi connectivity index (χ1n) is 7.55. The smallest absolute Gasteiger partial charge is 0.251 e. The number of hydrogen-bond acceptors (Lipinski definition) is 4. The molecular weight excluding hydrogens is 282 g/mol. The average Bonchev–Trinajstić information content (AvgIpc) is 3.08. The molecule has 22 heavy (non-hydrogen) atoms. The Morgan fingerprint density at radius 3 is 2.36 bits per heavy atom. The van der Waals surface area contributed by atoms with E-state index in [4.69, 9.17) is 0 Å². The fourth-order valence-electron chi connectivity index (χ4n) is 3.12. The van der Waals surface area contributed by atoms with E-state index in [9.17, 15) is 14.4 Å². The lowest BCUT2D eigenvalue weighted by molar-refractivity contribution is -0.122. The molecule has 1 atom stereocenters. The summed E-state index contributed by atoms with van der Waals surface area (Å²) < 4.78 is 0. The molecule has 2 aliphatic heterocycles. The van der Waals surface area contributed by atoms with Crippen LogP contribution in [0.25, 0.3) is 0 Å². The maximum atomic E-state index is 12.6. The van der Waals surface area contributed by atoms with Crippen LogP contribution in [0.15, 0.2) is 24.3 Å². The number of nitrogens with zero attached hydrogens (tertiary/aromatic N) is 2. The molecule has 2 aliphatic rings. The summed E-state index contributed by atoms with van der Waals surface area (Å²) >= 11 is 0. The van der Waals surface area contributed by atoms with Crippen LogP contribution < -0.4 is 10.2 Å². The number of benzene rings is 1. The van der Waals surface area contributed by atoms with E-state index in [1.54, 1.807) is 24.3 Å². The molecule has 2 saturated heterocycles. The number of rotatable bonds is 3. The highest BCUT2D eigenvalue weighted by atomic mass is 16.2. The summed E-state index contributed by atoms with van der Waals surface area (Å²) in [5.41, 5.74) is 1.21. The maximum Gasteiger partial charge on any atom is 0.251 e. The minimum Gasteiger partial charge on any atom is -0.326 e. The van der Waals surface area contributed by atoms with Crippen molar-refractivity contribution in [3.05, 3.63) is 24.3 Å². The van der Waals surface area contributed by atoms with Crippen LogP contribution in [0.1, 0.15) is 26.2 Å². The van der Waals surface area contributed by atoms with Gasteiger partial charge in [-0.15, -0.1) is 0 Å². The number of anilines is 2. The zero-order valence-corrected chi connectivity index (χ0v) is 12.5. The molecule has 0 spiro atoms. The molecule has 0 aromatic heterocycles. The number of nitrogens with one attached hydrogen (secondary N) is 1. The highest BCUT2D eigenvalue weighted by molar-refractivity contribution is 6.22. The first-order valence-corrected chi connectivity index (χ1v) is 7.55. The SMILES string of the molecule is CC(=O)Nc1ccc(N2C(=O)CC(N3CCCC3)C2=O)cc1. The summed E-state index contributed by atoms with van der Waals surface area (Å²) in [6.45, 7) is 3.21. The molecule has 3 amide bonds. The Morgan fingerprint density at radius 1 is 1.14 bits per heavy atom. The van der Waals surface area contributed by atoms with Crippen LogP contribution in [-0.4, -0.2) is 41.8 Å². The van der Waals surface area contributed by atoms with Crippen LogP contribution in [0.5, 0.6) is 0 Å². The Morgan fingerprint density at radius 2 is 1.77 bits per heavy atom. The van der Waals surface area contributed by atoms with Crippen molar-refractivity contribution in [2.45, 2.75) is 32.2 Å². The lowest BCUT2D eigenvalue weighted by atomic mass is 10.2. The van der Waals surface area contributed by atoms with E-state index >= 15 is 0 Å². The van der Waals surface area contributed by atoms with Crippen molar-refractivity contribution in [1.82, 2.24) is 4.90 Å². The number of carbonyl (C=O) groups is 3. The second kappa shape index (κ2) is 5.88. The molecule has 6 nitrogen and oxygen atoms in total. The van der Waals surface area contributed by atoms with Crippen molar-refractivity contribution < 1.29 is 14.4 Å². The van der Waals surface area contributed by atoms with E-state index < -0.39 is 0 Å². The first-order chi connectivity index (χ1) is 10.6. The van der Waals surface area contributed by atoms with Gasteiger partial charge in [0.05, 0.1) is 18.2 Å². The van der Waals surface area contributed by atoms with E-state index in [0.29, 0.717) is 11.4 Å². The third-order valence-corrected chi connectivity index (χ3v) is 4.15. The van der Waals surface area contributed by atoms with Crippen LogP contribution in [-0.2, 0) is 14.4 Å². The van der Waals surface area contributed by atoms with Gasteiger partial charge in [0, 0.05) is 12.6 Å². The minimum atomic E-state index is -0.315. The average molecular weight is 301 g/mol. The van der Waals surface area contributed by atoms with Gasteiger partial charge in [-0.25, -0.2) is 4.90 Å². The molecule has 1 aromatic carbocycles. The van der Waals surface area contributed by atoms with E-state index in [1.807, 2.05) is 0 Å². The molecule has 0 saturated carbocycles. The third kappa shape index (κ3) is 2.74. The normalized spacial score (nSPS) is 22.4. The van der Waals surface area contributed by atoms with Gasteiger partial charge < -0.3 is 5.32 Å². The monoisotopic (exact) mass is 301 g/mol. The molecular formula is C16H19N3O3. The number of amides is 3. The van der Waals surface area contributed by atoms with E-state index in [1.165, 1.54) is 11.8 Å². The molecule has 0 aliphatic carbocycles. The van der Waals surface area contributed by atoms with Crippen molar-refractivity contribution in [2.24, 2.45) is 0 Å². The Bertz CT molecular complexity index is 606. The molecule has 0 radical (unpaired) electrons. The van der Waals surface area contributed by atoms with Crippen molar-refractivity contribution in [1.29, 1.82) is 0 Å². The first kappa shape index (κ1) is 14.7. The van der Waals surface area contributed by atoms with Gasteiger partial charge in [0.1, 0.15) is 0 Å². The largest absolute Gasteiger partial charge is 0.326 e. The molecule has 3 rings (SSSR count). The number of carbonyl (C=O) groups excluding carboxylic acids is 3. The Hall–Kier alpha value is -2.21. The molecule has 1 unspecified atom stereocenters. The number of hydrogen-bond donors (Lipinski definition) is 1. The molecule has 2 fully saturated rings. The predicted molar refractivity (Wildman–Crippen MR) is 82.5 cm³/mol. The highest BCUT2D eigenvalue weighted by Gasteiger charge is 2.43. The lowest BCUT2D eigenvalue weighted by Gasteiger charge is -2.21. The molecule has 116 valence electrons. The van der Waals surface area contributed by atoms with E-state index in [2.05, 4.69) is 10.2 Å². The zero-order chi connectivity index (χ0) is 15.7. The topological polar surface area (TPSA) is 69.7 Å². The van der Waals surface area contributed by atoms with Crippen molar-refractivity contribution in [2.75, 3.05) is 23.3 Å². The van der Waals surface area contributed by atoms with Gasteiger partial charge in [-0.05, 0) is 50.2 Å². The Labute approximate surface area is 129 Å². The molecule has 1 aromatic rings. The second-order valence-electron chi connectivity index (χ2n) is 5.76. The second-order valence-corrected chi connectivity index (χ2v) is 5.76. The quantitative estimate of drug-likeness (QED) is 0.856. The van der Waals surface area contributed by atoms with Gasteiger partial charge in [0.15, 0.2) is 0 Å². The van der Waals surface area contributed by atoms with Gasteiger partial charge >= 0.3 is 0 Å². The number of likely N-dealkylation sites (tertiary alicyclic amines) is 1. The van der Waals surface area contributed by atoms with Crippen molar-refractivity contribution >= 4 is 29.1 Å². The van der Waals surface area contributed by atoms with Gasteiger partial charge in [-0.3, -0.25) is 19.3 Å². The summed E-state index contributed by atoms with van der Waals surface area (Å²) in [5.74, 6) is -0.455. The van der Waals surface area contributed by atoms with Crippen LogP contribution in [0.2, 0.25) is 0 Å². The summed E-state index contributed by atoms with van der Waals surface area (Å²) in [6, 6.07) is 6.45. The molecule has 0 bridgehead atoms. The fourth-order valence-corrected chi connectivity index (χ4v) is 3.12. The van der Waals surface area contributed by atoms with E-state index in [0.717, 1.165) is 25.9 Å². The van der Waals surface area contributed by atoms with Crippen LogP contribution in [0.3, 0.4) is 0 Å².